The van der Waals surface area contributed by atoms with Gasteiger partial charge in [-0.15, -0.1) is 12.4 Å². The van der Waals surface area contributed by atoms with Crippen molar-refractivity contribution >= 4 is 24.6 Å². The molecule has 0 saturated heterocycles. The van der Waals surface area contributed by atoms with Crippen molar-refractivity contribution in [3.05, 3.63) is 46.5 Å². The molecular weight excluding hydrogens is 332 g/mol. The minimum atomic E-state index is -0.659. The van der Waals surface area contributed by atoms with Crippen LogP contribution in [0.5, 0.6) is 5.75 Å². The van der Waals surface area contributed by atoms with Gasteiger partial charge in [-0.25, -0.2) is 8.78 Å². The molecule has 0 bridgehead atoms. The Balaban J connectivity index is 0.00000176. The van der Waals surface area contributed by atoms with Gasteiger partial charge in [-0.2, -0.15) is 0 Å². The molecule has 1 aromatic carbocycles. The van der Waals surface area contributed by atoms with Crippen molar-refractivity contribution in [1.29, 1.82) is 0 Å². The zero-order valence-electron chi connectivity index (χ0n) is 11.7. The van der Waals surface area contributed by atoms with E-state index >= 15 is 0 Å². The third-order valence-electron chi connectivity index (χ3n) is 3.60. The van der Waals surface area contributed by atoms with Gasteiger partial charge in [-0.05, 0) is 18.3 Å². The molecule has 1 atom stereocenters. The summed E-state index contributed by atoms with van der Waals surface area (Å²) in [6.45, 7) is 1.44. The number of nitrogens with two attached hydrogens (primary N) is 1. The van der Waals surface area contributed by atoms with E-state index in [4.69, 9.17) is 22.7 Å². The Morgan fingerprint density at radius 3 is 2.82 bits per heavy atom. The fourth-order valence-electron chi connectivity index (χ4n) is 2.61. The van der Waals surface area contributed by atoms with Crippen LogP contribution in [0, 0.1) is 16.4 Å². The fraction of sp³-hybridized carbons (Fsp3) is 0.357. The van der Waals surface area contributed by atoms with Crippen LogP contribution in [0.25, 0.3) is 0 Å². The van der Waals surface area contributed by atoms with E-state index in [0.717, 1.165) is 6.07 Å². The minimum Gasteiger partial charge on any atom is -0.488 e. The highest BCUT2D eigenvalue weighted by atomic mass is 35.5. The summed E-state index contributed by atoms with van der Waals surface area (Å²) >= 11 is 5.39. The predicted octanol–water partition coefficient (Wildman–Crippen LogP) is 2.85. The summed E-state index contributed by atoms with van der Waals surface area (Å²) in [5, 5.41) is 0. The van der Waals surface area contributed by atoms with Gasteiger partial charge in [0.25, 0.3) is 0 Å². The predicted molar refractivity (Wildman–Crippen MR) is 84.2 cm³/mol. The molecule has 1 unspecified atom stereocenters. The summed E-state index contributed by atoms with van der Waals surface area (Å²) in [4.78, 5) is 0. The van der Waals surface area contributed by atoms with E-state index in [1.54, 1.807) is 0 Å². The number of benzene rings is 1. The van der Waals surface area contributed by atoms with Crippen molar-refractivity contribution in [2.24, 2.45) is 5.73 Å². The van der Waals surface area contributed by atoms with Gasteiger partial charge in [0, 0.05) is 43.5 Å². The molecule has 2 N–H and O–H groups in total. The SMILES string of the molecule is Cl.NCCn1ccn(C2COc3c(F)cc(F)cc3C2)c1=S. The highest BCUT2D eigenvalue weighted by Crippen LogP contribution is 2.32. The van der Waals surface area contributed by atoms with Crippen LogP contribution in [0.1, 0.15) is 11.6 Å². The Bertz CT molecular complexity index is 731. The molecule has 8 heteroatoms. The number of fused-ring (bicyclic) bond motifs is 1. The van der Waals surface area contributed by atoms with Crippen LogP contribution >= 0.6 is 24.6 Å². The summed E-state index contributed by atoms with van der Waals surface area (Å²) in [5.41, 5.74) is 6.05. The number of rotatable bonds is 3. The van der Waals surface area contributed by atoms with Crippen LogP contribution in [0.2, 0.25) is 0 Å². The maximum absolute atomic E-state index is 13.6. The highest BCUT2D eigenvalue weighted by molar-refractivity contribution is 7.71. The summed E-state index contributed by atoms with van der Waals surface area (Å²) in [6, 6.07) is 2.07. The molecule has 3 rings (SSSR count). The number of halogens is 3. The normalized spacial score (nSPS) is 16.6. The second kappa shape index (κ2) is 6.76. The Morgan fingerprint density at radius 2 is 2.09 bits per heavy atom. The molecular formula is C14H16ClF2N3OS. The monoisotopic (exact) mass is 347 g/mol. The molecule has 0 aliphatic carbocycles. The number of hydrogen-bond donors (Lipinski definition) is 1. The van der Waals surface area contributed by atoms with Crippen LogP contribution < -0.4 is 10.5 Å². The van der Waals surface area contributed by atoms with Gasteiger partial charge in [0.15, 0.2) is 16.3 Å². The van der Waals surface area contributed by atoms with E-state index in [9.17, 15) is 8.78 Å². The largest absolute Gasteiger partial charge is 0.488 e. The van der Waals surface area contributed by atoms with Crippen molar-refractivity contribution < 1.29 is 13.5 Å². The number of imidazole rings is 1. The Kier molecular flexibility index (Phi) is 5.20. The standard InChI is InChI=1S/C14H15F2N3OS.ClH/c15-10-5-9-6-11(8-20-13(9)12(16)7-10)19-4-3-18(2-1-17)14(19)21;/h3-5,7,11H,1-2,6,8,17H2;1H. The number of hydrogen-bond acceptors (Lipinski definition) is 3. The van der Waals surface area contributed by atoms with Crippen molar-refractivity contribution in [3.8, 4) is 5.75 Å². The molecule has 0 fully saturated rings. The first-order valence-electron chi connectivity index (χ1n) is 6.68. The van der Waals surface area contributed by atoms with Gasteiger partial charge in [-0.1, -0.05) is 0 Å². The first-order valence-corrected chi connectivity index (χ1v) is 7.09. The summed E-state index contributed by atoms with van der Waals surface area (Å²) in [7, 11) is 0. The van der Waals surface area contributed by atoms with Crippen LogP contribution in [0.4, 0.5) is 8.78 Å². The maximum atomic E-state index is 13.6. The molecule has 0 radical (unpaired) electrons. The van der Waals surface area contributed by atoms with Gasteiger partial charge in [0.1, 0.15) is 12.4 Å². The van der Waals surface area contributed by atoms with E-state index in [0.29, 0.717) is 36.5 Å². The first kappa shape index (κ1) is 16.9. The smallest absolute Gasteiger partial charge is 0.180 e. The number of aromatic nitrogens is 2. The lowest BCUT2D eigenvalue weighted by Crippen LogP contribution is -2.25. The lowest BCUT2D eigenvalue weighted by atomic mass is 10.0. The third-order valence-corrected chi connectivity index (χ3v) is 4.04. The topological polar surface area (TPSA) is 45.1 Å². The molecule has 0 saturated carbocycles. The van der Waals surface area contributed by atoms with Crippen molar-refractivity contribution in [2.75, 3.05) is 13.2 Å². The van der Waals surface area contributed by atoms with E-state index in [1.807, 2.05) is 21.5 Å². The summed E-state index contributed by atoms with van der Waals surface area (Å²) < 4.78 is 36.8. The number of nitrogens with zero attached hydrogens (tertiary/aromatic N) is 2. The van der Waals surface area contributed by atoms with Crippen LogP contribution in [0.3, 0.4) is 0 Å². The zero-order valence-corrected chi connectivity index (χ0v) is 13.3. The molecule has 4 nitrogen and oxygen atoms in total. The van der Waals surface area contributed by atoms with Gasteiger partial charge >= 0.3 is 0 Å². The van der Waals surface area contributed by atoms with Crippen LogP contribution in [0.15, 0.2) is 24.5 Å². The Labute approximate surface area is 137 Å². The Morgan fingerprint density at radius 1 is 1.32 bits per heavy atom. The molecule has 0 spiro atoms. The molecule has 1 aromatic heterocycles. The molecule has 1 aliphatic heterocycles. The highest BCUT2D eigenvalue weighted by Gasteiger charge is 2.25. The molecule has 1 aliphatic rings. The van der Waals surface area contributed by atoms with Crippen molar-refractivity contribution in [2.45, 2.75) is 19.0 Å². The van der Waals surface area contributed by atoms with Gasteiger partial charge in [-0.3, -0.25) is 0 Å². The van der Waals surface area contributed by atoms with E-state index in [1.165, 1.54) is 6.07 Å². The molecule has 2 heterocycles. The van der Waals surface area contributed by atoms with Crippen molar-refractivity contribution in [3.63, 3.8) is 0 Å². The number of ether oxygens (including phenoxy) is 1. The molecule has 120 valence electrons. The third kappa shape index (κ3) is 3.02. The Hall–Kier alpha value is -1.44. The van der Waals surface area contributed by atoms with E-state index in [2.05, 4.69) is 0 Å². The van der Waals surface area contributed by atoms with E-state index in [-0.39, 0.29) is 24.2 Å². The average molecular weight is 348 g/mol. The quantitative estimate of drug-likeness (QED) is 0.868. The second-order valence-electron chi connectivity index (χ2n) is 5.01. The van der Waals surface area contributed by atoms with E-state index < -0.39 is 11.6 Å². The lowest BCUT2D eigenvalue weighted by Gasteiger charge is -2.26. The van der Waals surface area contributed by atoms with Gasteiger partial charge in [0.05, 0.1) is 6.04 Å². The second-order valence-corrected chi connectivity index (χ2v) is 5.38. The first-order chi connectivity index (χ1) is 10.1. The fourth-order valence-corrected chi connectivity index (χ4v) is 2.98. The summed E-state index contributed by atoms with van der Waals surface area (Å²) in [6.07, 6.45) is 4.19. The van der Waals surface area contributed by atoms with Gasteiger partial charge < -0.3 is 19.6 Å². The molecule has 0 amide bonds. The van der Waals surface area contributed by atoms with Crippen molar-refractivity contribution in [1.82, 2.24) is 9.13 Å². The van der Waals surface area contributed by atoms with Gasteiger partial charge in [0.2, 0.25) is 0 Å². The summed E-state index contributed by atoms with van der Waals surface area (Å²) in [5.74, 6) is -1.12. The molecule has 22 heavy (non-hydrogen) atoms. The van der Waals surface area contributed by atoms with Crippen LogP contribution in [-0.2, 0) is 13.0 Å². The maximum Gasteiger partial charge on any atom is 0.180 e. The van der Waals surface area contributed by atoms with Crippen LogP contribution in [-0.4, -0.2) is 22.3 Å². The average Bonchev–Trinajstić information content (AvgIpc) is 2.80. The molecule has 2 aromatic rings. The minimum absolute atomic E-state index is 0. The zero-order chi connectivity index (χ0) is 15.0. The lowest BCUT2D eigenvalue weighted by molar-refractivity contribution is 0.211.